The number of aryl methyl sites for hydroxylation is 1. The molecule has 2 heterocycles. The SMILES string of the molecule is [2H]C([2H])([2H])c1cc(-c2c(-c3ccccc3)cccc2C(C)(C)C)ccc1-n1c(-c2cc(C(C)(C)C)cc(C(C)(C)C)c2O)nc2c(-c3[c-]c(-c4cc(-c5ccc(C([2H])(C)C)cc5)ccn4)cc(-c4ccccc4)c3)cccc21.[Pt]. The summed E-state index contributed by atoms with van der Waals surface area (Å²) in [6, 6.07) is 63.1. The van der Waals surface area contributed by atoms with E-state index in [0.717, 1.165) is 89.1 Å². The maximum absolute atomic E-state index is 12.7. The van der Waals surface area contributed by atoms with Crippen molar-refractivity contribution < 1.29 is 31.7 Å². The summed E-state index contributed by atoms with van der Waals surface area (Å²) in [5.74, 6) is -0.208. The average molecular weight is 1170 g/mol. The Morgan fingerprint density at radius 2 is 1.17 bits per heavy atom. The zero-order valence-electron chi connectivity index (χ0n) is 48.9. The monoisotopic (exact) mass is 1170 g/mol. The molecule has 2 aromatic heterocycles. The van der Waals surface area contributed by atoms with Crippen LogP contribution in [-0.2, 0) is 37.3 Å². The molecule has 0 saturated heterocycles. The van der Waals surface area contributed by atoms with E-state index in [1.165, 1.54) is 0 Å². The number of para-hydroxylation sites is 1. The van der Waals surface area contributed by atoms with Gasteiger partial charge in [0.25, 0.3) is 0 Å². The summed E-state index contributed by atoms with van der Waals surface area (Å²) in [6.07, 6.45) is 1.83. The molecule has 0 radical (unpaired) electrons. The number of aromatic nitrogens is 3. The Morgan fingerprint density at radius 1 is 0.547 bits per heavy atom. The zero-order valence-corrected chi connectivity index (χ0v) is 47.2. The molecule has 0 fully saturated rings. The molecule has 0 aliphatic heterocycles. The summed E-state index contributed by atoms with van der Waals surface area (Å²) in [5.41, 5.74) is 16.0. The normalized spacial score (nSPS) is 13.2. The number of imidazole rings is 1. The summed E-state index contributed by atoms with van der Waals surface area (Å²) < 4.78 is 38.6. The van der Waals surface area contributed by atoms with Crippen LogP contribution in [0.1, 0.15) is 115 Å². The van der Waals surface area contributed by atoms with Crippen molar-refractivity contribution in [2.75, 3.05) is 0 Å². The number of pyridine rings is 1. The van der Waals surface area contributed by atoms with Gasteiger partial charge >= 0.3 is 0 Å². The van der Waals surface area contributed by atoms with Crippen molar-refractivity contribution in [2.24, 2.45) is 0 Å². The van der Waals surface area contributed by atoms with E-state index >= 15 is 0 Å². The molecule has 75 heavy (non-hydrogen) atoms. The molecule has 1 N–H and O–H groups in total. The second kappa shape index (κ2) is 20.5. The smallest absolute Gasteiger partial charge is 0.148 e. The molecular formula is C70H68N3OPt-. The number of hydrogen-bond donors (Lipinski definition) is 1. The topological polar surface area (TPSA) is 50.9 Å². The van der Waals surface area contributed by atoms with Crippen molar-refractivity contribution >= 4 is 11.0 Å². The van der Waals surface area contributed by atoms with E-state index in [-0.39, 0.29) is 43.2 Å². The third-order valence-electron chi connectivity index (χ3n) is 14.3. The van der Waals surface area contributed by atoms with Crippen LogP contribution in [0.5, 0.6) is 5.75 Å². The van der Waals surface area contributed by atoms with Crippen LogP contribution in [0.2, 0.25) is 0 Å². The first kappa shape index (κ1) is 47.6. The molecule has 0 atom stereocenters. The Kier molecular flexibility index (Phi) is 13.0. The van der Waals surface area contributed by atoms with Gasteiger partial charge in [-0.3, -0.25) is 9.55 Å². The van der Waals surface area contributed by atoms with Gasteiger partial charge in [-0.05, 0) is 121 Å². The van der Waals surface area contributed by atoms with Gasteiger partial charge in [0, 0.05) is 44.0 Å². The first-order valence-electron chi connectivity index (χ1n) is 27.7. The van der Waals surface area contributed by atoms with Gasteiger partial charge < -0.3 is 5.11 Å². The average Bonchev–Trinajstić information content (AvgIpc) is 4.08. The predicted molar refractivity (Wildman–Crippen MR) is 312 cm³/mol. The number of phenolic OH excluding ortho intramolecular Hbond substituents is 1. The van der Waals surface area contributed by atoms with Crippen LogP contribution in [0.3, 0.4) is 0 Å². The predicted octanol–water partition coefficient (Wildman–Crippen LogP) is 18.9. The number of rotatable bonds is 9. The molecular weight excluding hydrogens is 1090 g/mol. The Bertz CT molecular complexity index is 3870. The number of aromatic hydroxyl groups is 1. The van der Waals surface area contributed by atoms with E-state index in [1.807, 2.05) is 122 Å². The van der Waals surface area contributed by atoms with Gasteiger partial charge in [-0.1, -0.05) is 226 Å². The maximum atomic E-state index is 12.7. The molecule has 380 valence electrons. The Balaban J connectivity index is 0.00000757. The van der Waals surface area contributed by atoms with Crippen LogP contribution in [0, 0.1) is 12.9 Å². The fraction of sp³-hybridized carbons (Fsp3) is 0.229. The van der Waals surface area contributed by atoms with E-state index in [1.54, 1.807) is 0 Å². The molecule has 0 aliphatic rings. The molecule has 8 aromatic carbocycles. The van der Waals surface area contributed by atoms with Gasteiger partial charge in [-0.15, -0.1) is 23.8 Å². The van der Waals surface area contributed by atoms with Crippen LogP contribution >= 0.6 is 0 Å². The van der Waals surface area contributed by atoms with Crippen molar-refractivity contribution in [3.63, 3.8) is 0 Å². The van der Waals surface area contributed by atoms with Gasteiger partial charge in [0.1, 0.15) is 11.6 Å². The van der Waals surface area contributed by atoms with Gasteiger partial charge in [-0.25, -0.2) is 4.98 Å². The van der Waals surface area contributed by atoms with E-state index in [2.05, 4.69) is 147 Å². The van der Waals surface area contributed by atoms with E-state index in [0.29, 0.717) is 28.1 Å². The summed E-state index contributed by atoms with van der Waals surface area (Å²) in [4.78, 5) is 10.5. The van der Waals surface area contributed by atoms with Crippen LogP contribution in [0.4, 0.5) is 0 Å². The molecule has 0 unspecified atom stereocenters. The standard InChI is InChI=1S/C70H68N3O.Pt/c1-44(2)46-29-31-48(32-30-46)50-35-36-71-61(41-50)54-39-52(47-21-15-13-16-22-47)38-53(40-54)57-26-20-28-63-65(57)72-67(58-42-55(68(4,5)6)43-60(66(58)74)70(10,11)12)73(63)62-34-33-51(37-45(62)3)64-56(49-23-17-14-18-24-49)25-19-27-59(64)69(7,8)9;/h13-39,41-44,74H,1-12H3;/q-1;/i3D3,44D;. The zero-order chi connectivity index (χ0) is 55.7. The summed E-state index contributed by atoms with van der Waals surface area (Å²) in [6.45, 7) is 20.5. The minimum atomic E-state index is -2.58. The number of phenols is 1. The number of benzene rings is 8. The Labute approximate surface area is 465 Å². The quantitative estimate of drug-likeness (QED) is 0.147. The second-order valence-electron chi connectivity index (χ2n) is 23.0. The van der Waals surface area contributed by atoms with Crippen molar-refractivity contribution in [2.45, 2.75) is 105 Å². The molecule has 0 spiro atoms. The summed E-state index contributed by atoms with van der Waals surface area (Å²) in [7, 11) is 0. The molecule has 5 heteroatoms. The largest absolute Gasteiger partial charge is 0.507 e. The number of hydrogen-bond acceptors (Lipinski definition) is 3. The van der Waals surface area contributed by atoms with Crippen molar-refractivity contribution in [1.29, 1.82) is 0 Å². The van der Waals surface area contributed by atoms with Gasteiger partial charge in [0.15, 0.2) is 0 Å². The van der Waals surface area contributed by atoms with Gasteiger partial charge in [-0.2, -0.15) is 0 Å². The number of nitrogens with zero attached hydrogens (tertiary/aromatic N) is 3. The van der Waals surface area contributed by atoms with E-state index in [4.69, 9.17) is 11.3 Å². The van der Waals surface area contributed by atoms with E-state index in [9.17, 15) is 9.22 Å². The van der Waals surface area contributed by atoms with Crippen molar-refractivity contribution in [1.82, 2.24) is 14.5 Å². The third kappa shape index (κ3) is 10.5. The molecule has 0 aliphatic carbocycles. The van der Waals surface area contributed by atoms with Crippen molar-refractivity contribution in [3.05, 3.63) is 216 Å². The molecule has 0 amide bonds. The van der Waals surface area contributed by atoms with Crippen LogP contribution in [0.15, 0.2) is 182 Å². The minimum Gasteiger partial charge on any atom is -0.507 e. The molecule has 0 bridgehead atoms. The van der Waals surface area contributed by atoms with Crippen LogP contribution in [0.25, 0.3) is 95.0 Å². The Morgan fingerprint density at radius 3 is 1.83 bits per heavy atom. The van der Waals surface area contributed by atoms with Crippen LogP contribution in [-0.4, -0.2) is 19.6 Å². The summed E-state index contributed by atoms with van der Waals surface area (Å²) in [5, 5.41) is 12.7. The summed E-state index contributed by atoms with van der Waals surface area (Å²) >= 11 is 0. The maximum Gasteiger partial charge on any atom is 0.148 e. The van der Waals surface area contributed by atoms with Crippen molar-refractivity contribution in [3.8, 4) is 89.7 Å². The fourth-order valence-electron chi connectivity index (χ4n) is 10.2. The van der Waals surface area contributed by atoms with E-state index < -0.39 is 18.2 Å². The number of fused-ring (bicyclic) bond motifs is 1. The molecule has 10 aromatic rings. The molecule has 0 saturated carbocycles. The minimum absolute atomic E-state index is 0. The first-order valence-corrected chi connectivity index (χ1v) is 25.7. The van der Waals surface area contributed by atoms with Gasteiger partial charge in [0.05, 0.1) is 22.3 Å². The first-order chi connectivity index (χ1) is 36.8. The fourth-order valence-corrected chi connectivity index (χ4v) is 10.2. The third-order valence-corrected chi connectivity index (χ3v) is 14.3. The molecule has 4 nitrogen and oxygen atoms in total. The van der Waals surface area contributed by atoms with Gasteiger partial charge in [0.2, 0.25) is 0 Å². The molecule has 10 rings (SSSR count). The van der Waals surface area contributed by atoms with Crippen LogP contribution < -0.4 is 0 Å². The second-order valence-corrected chi connectivity index (χ2v) is 23.0. The Hall–Kier alpha value is -7.13.